The highest BCUT2D eigenvalue weighted by molar-refractivity contribution is 7.85. The molecule has 0 unspecified atom stereocenters. The summed E-state index contributed by atoms with van der Waals surface area (Å²) in [5.41, 5.74) is 0.964. The van der Waals surface area contributed by atoms with Gasteiger partial charge in [0.1, 0.15) is 0 Å². The van der Waals surface area contributed by atoms with E-state index in [0.717, 1.165) is 5.56 Å². The molecule has 0 heterocycles. The van der Waals surface area contributed by atoms with Crippen molar-refractivity contribution < 1.29 is 13.0 Å². The Kier molecular flexibility index (Phi) is 3.45. The summed E-state index contributed by atoms with van der Waals surface area (Å²) in [5, 5.41) is 0. The van der Waals surface area contributed by atoms with E-state index < -0.39 is 10.1 Å². The maximum atomic E-state index is 10.4. The summed E-state index contributed by atoms with van der Waals surface area (Å²) < 4.78 is 29.2. The Morgan fingerprint density at radius 1 is 1.38 bits per heavy atom. The summed E-state index contributed by atoms with van der Waals surface area (Å²) in [6.45, 7) is 0. The minimum Gasteiger partial charge on any atom is -0.286 e. The molecule has 1 aromatic carbocycles. The first kappa shape index (κ1) is 10.2. The topological polar surface area (TPSA) is 54.4 Å². The fraction of sp³-hybridized carbons (Fsp3) is 0.333. The molecule has 0 fully saturated rings. The van der Waals surface area contributed by atoms with Crippen molar-refractivity contribution in [3.8, 4) is 0 Å². The smallest absolute Gasteiger partial charge is 0.264 e. The Balaban J connectivity index is 2.37. The number of aryl methyl sites for hydroxylation is 1. The number of benzene rings is 1. The summed E-state index contributed by atoms with van der Waals surface area (Å²) in [7, 11) is -3.81. The molecular formula is C9H11O3S. The summed E-state index contributed by atoms with van der Waals surface area (Å²) in [6.07, 6.45) is 1.06. The molecule has 0 aliphatic carbocycles. The molecule has 1 rings (SSSR count). The van der Waals surface area contributed by atoms with Crippen molar-refractivity contribution in [2.24, 2.45) is 0 Å². The van der Waals surface area contributed by atoms with Crippen LogP contribution in [-0.2, 0) is 16.5 Å². The zero-order valence-corrected chi connectivity index (χ0v) is 7.92. The van der Waals surface area contributed by atoms with Gasteiger partial charge in [-0.25, -0.2) is 0 Å². The molecule has 0 spiro atoms. The van der Waals surface area contributed by atoms with E-state index in [2.05, 4.69) is 6.07 Å². The van der Waals surface area contributed by atoms with Crippen LogP contribution < -0.4 is 0 Å². The van der Waals surface area contributed by atoms with Gasteiger partial charge in [-0.05, 0) is 24.5 Å². The van der Waals surface area contributed by atoms with Crippen molar-refractivity contribution in [2.75, 3.05) is 5.75 Å². The number of hydrogen-bond donors (Lipinski definition) is 1. The minimum atomic E-state index is -3.81. The van der Waals surface area contributed by atoms with Crippen LogP contribution in [0, 0.1) is 6.07 Å². The van der Waals surface area contributed by atoms with Gasteiger partial charge in [-0.15, -0.1) is 0 Å². The highest BCUT2D eigenvalue weighted by atomic mass is 32.2. The minimum absolute atomic E-state index is 0.185. The van der Waals surface area contributed by atoms with Crippen LogP contribution in [0.5, 0.6) is 0 Å². The number of hydrogen-bond acceptors (Lipinski definition) is 2. The van der Waals surface area contributed by atoms with Crippen molar-refractivity contribution in [1.29, 1.82) is 0 Å². The largest absolute Gasteiger partial charge is 0.286 e. The fourth-order valence-electron chi connectivity index (χ4n) is 1.03. The Morgan fingerprint density at radius 3 is 2.69 bits per heavy atom. The van der Waals surface area contributed by atoms with Gasteiger partial charge in [-0.3, -0.25) is 4.55 Å². The summed E-state index contributed by atoms with van der Waals surface area (Å²) in [6, 6.07) is 10.4. The van der Waals surface area contributed by atoms with Crippen molar-refractivity contribution in [3.05, 3.63) is 35.9 Å². The van der Waals surface area contributed by atoms with Gasteiger partial charge >= 0.3 is 0 Å². The van der Waals surface area contributed by atoms with Crippen molar-refractivity contribution in [3.63, 3.8) is 0 Å². The second-order valence-electron chi connectivity index (χ2n) is 2.78. The summed E-state index contributed by atoms with van der Waals surface area (Å²) in [5.74, 6) is -0.185. The first-order chi connectivity index (χ1) is 6.08. The molecule has 71 valence electrons. The molecule has 0 saturated heterocycles. The molecule has 1 N–H and O–H groups in total. The van der Waals surface area contributed by atoms with Gasteiger partial charge in [0.2, 0.25) is 0 Å². The van der Waals surface area contributed by atoms with E-state index in [1.54, 1.807) is 6.07 Å². The second kappa shape index (κ2) is 4.39. The SMILES string of the molecule is O=S(=O)(O)CCCc1[c]cccc1. The molecule has 4 heteroatoms. The van der Waals surface area contributed by atoms with Gasteiger partial charge in [0.25, 0.3) is 10.1 Å². The molecule has 3 nitrogen and oxygen atoms in total. The molecule has 0 aliphatic heterocycles. The molecule has 0 bridgehead atoms. The normalized spacial score (nSPS) is 11.5. The van der Waals surface area contributed by atoms with Crippen LogP contribution >= 0.6 is 0 Å². The maximum Gasteiger partial charge on any atom is 0.264 e. The zero-order valence-electron chi connectivity index (χ0n) is 7.10. The van der Waals surface area contributed by atoms with Crippen LogP contribution in [0.15, 0.2) is 24.3 Å². The molecule has 13 heavy (non-hydrogen) atoms. The first-order valence-corrected chi connectivity index (χ1v) is 5.59. The molecule has 1 aromatic rings. The van der Waals surface area contributed by atoms with Crippen molar-refractivity contribution in [2.45, 2.75) is 12.8 Å². The Labute approximate surface area is 78.2 Å². The van der Waals surface area contributed by atoms with E-state index in [1.807, 2.05) is 18.2 Å². The average molecular weight is 199 g/mol. The summed E-state index contributed by atoms with van der Waals surface area (Å²) >= 11 is 0. The summed E-state index contributed by atoms with van der Waals surface area (Å²) in [4.78, 5) is 0. The third kappa shape index (κ3) is 4.65. The van der Waals surface area contributed by atoms with E-state index in [1.165, 1.54) is 0 Å². The van der Waals surface area contributed by atoms with Crippen LogP contribution in [0.3, 0.4) is 0 Å². The standard InChI is InChI=1S/C9H11O3S/c10-13(11,12)8-4-7-9-5-2-1-3-6-9/h1-3,5H,4,7-8H2,(H,10,11,12). The lowest BCUT2D eigenvalue weighted by Gasteiger charge is -1.98. The fourth-order valence-corrected chi connectivity index (χ4v) is 1.54. The molecular weight excluding hydrogens is 188 g/mol. The first-order valence-electron chi connectivity index (χ1n) is 3.99. The van der Waals surface area contributed by atoms with Gasteiger partial charge in [-0.2, -0.15) is 8.42 Å². The lowest BCUT2D eigenvalue weighted by molar-refractivity contribution is 0.481. The highest BCUT2D eigenvalue weighted by Gasteiger charge is 2.03. The van der Waals surface area contributed by atoms with Crippen LogP contribution in [-0.4, -0.2) is 18.7 Å². The van der Waals surface area contributed by atoms with E-state index in [9.17, 15) is 8.42 Å². The van der Waals surface area contributed by atoms with E-state index in [0.29, 0.717) is 12.8 Å². The van der Waals surface area contributed by atoms with E-state index >= 15 is 0 Å². The predicted molar refractivity (Wildman–Crippen MR) is 50.0 cm³/mol. The third-order valence-electron chi connectivity index (χ3n) is 1.62. The van der Waals surface area contributed by atoms with E-state index in [-0.39, 0.29) is 5.75 Å². The zero-order chi connectivity index (χ0) is 9.73. The van der Waals surface area contributed by atoms with Crippen LogP contribution in [0.4, 0.5) is 0 Å². The second-order valence-corrected chi connectivity index (χ2v) is 4.35. The Hall–Kier alpha value is -0.870. The van der Waals surface area contributed by atoms with E-state index in [4.69, 9.17) is 4.55 Å². The lowest BCUT2D eigenvalue weighted by Crippen LogP contribution is -2.04. The molecule has 0 aromatic heterocycles. The number of rotatable bonds is 4. The van der Waals surface area contributed by atoms with Gasteiger partial charge < -0.3 is 0 Å². The molecule has 0 saturated carbocycles. The molecule has 0 atom stereocenters. The van der Waals surface area contributed by atoms with Crippen LogP contribution in [0.25, 0.3) is 0 Å². The molecule has 0 amide bonds. The van der Waals surface area contributed by atoms with Gasteiger partial charge in [0.05, 0.1) is 5.75 Å². The Morgan fingerprint density at radius 2 is 2.15 bits per heavy atom. The molecule has 1 radical (unpaired) electrons. The van der Waals surface area contributed by atoms with Gasteiger partial charge in [-0.1, -0.05) is 24.3 Å². The predicted octanol–water partition coefficient (Wildman–Crippen LogP) is 1.31. The maximum absolute atomic E-state index is 10.4. The average Bonchev–Trinajstić information content (AvgIpc) is 2.04. The Bertz CT molecular complexity index is 342. The van der Waals surface area contributed by atoms with Crippen LogP contribution in [0.2, 0.25) is 0 Å². The lowest BCUT2D eigenvalue weighted by atomic mass is 10.1. The van der Waals surface area contributed by atoms with Crippen molar-refractivity contribution in [1.82, 2.24) is 0 Å². The van der Waals surface area contributed by atoms with Crippen LogP contribution in [0.1, 0.15) is 12.0 Å². The quantitative estimate of drug-likeness (QED) is 0.744. The van der Waals surface area contributed by atoms with Gasteiger partial charge in [0, 0.05) is 0 Å². The van der Waals surface area contributed by atoms with Crippen molar-refractivity contribution >= 4 is 10.1 Å². The third-order valence-corrected chi connectivity index (χ3v) is 2.43. The highest BCUT2D eigenvalue weighted by Crippen LogP contribution is 2.02. The monoisotopic (exact) mass is 199 g/mol. The molecule has 0 aliphatic rings. The van der Waals surface area contributed by atoms with Gasteiger partial charge in [0.15, 0.2) is 0 Å².